The summed E-state index contributed by atoms with van der Waals surface area (Å²) in [4.78, 5) is 4.95. The molecule has 0 amide bonds. The normalized spacial score (nSPS) is 15.7. The van der Waals surface area contributed by atoms with Crippen LogP contribution in [0.1, 0.15) is 29.7 Å². The van der Waals surface area contributed by atoms with E-state index < -0.39 is 0 Å². The summed E-state index contributed by atoms with van der Waals surface area (Å²) >= 11 is 0. The number of ether oxygens (including phenoxy) is 2. The summed E-state index contributed by atoms with van der Waals surface area (Å²) in [5.41, 5.74) is 7.65. The summed E-state index contributed by atoms with van der Waals surface area (Å²) in [7, 11) is 0. The number of fused-ring (bicyclic) bond motifs is 8. The summed E-state index contributed by atoms with van der Waals surface area (Å²) in [6, 6.07) is 14.6. The molecule has 0 saturated carbocycles. The fourth-order valence-corrected chi connectivity index (χ4v) is 5.22. The van der Waals surface area contributed by atoms with Crippen molar-refractivity contribution in [3.63, 3.8) is 0 Å². The number of rotatable bonds is 0. The maximum Gasteiger partial charge on any atom is 0.287 e. The third-order valence-electron chi connectivity index (χ3n) is 6.55. The molecule has 140 valence electrons. The Labute approximate surface area is 168 Å². The summed E-state index contributed by atoms with van der Waals surface area (Å²) in [6.07, 6.45) is 4.32. The molecule has 2 aromatic carbocycles. The summed E-state index contributed by atoms with van der Waals surface area (Å²) in [6.45, 7) is 2.08. The highest BCUT2D eigenvalue weighted by molar-refractivity contribution is 6.99. The van der Waals surface area contributed by atoms with Gasteiger partial charge in [0.2, 0.25) is 5.88 Å². The van der Waals surface area contributed by atoms with Crippen molar-refractivity contribution in [1.29, 1.82) is 0 Å². The minimum Gasteiger partial charge on any atom is -0.458 e. The van der Waals surface area contributed by atoms with Crippen LogP contribution >= 0.6 is 0 Å². The lowest BCUT2D eigenvalue weighted by Crippen LogP contribution is -2.57. The second-order valence-electron chi connectivity index (χ2n) is 8.22. The van der Waals surface area contributed by atoms with Crippen LogP contribution in [0.25, 0.3) is 11.0 Å². The molecule has 2 aliphatic heterocycles. The molecule has 0 saturated heterocycles. The third-order valence-corrected chi connectivity index (χ3v) is 6.55. The fraction of sp³-hybridized carbons (Fsp3) is 0.208. The van der Waals surface area contributed by atoms with Crippen LogP contribution in [0.5, 0.6) is 23.3 Å². The molecule has 1 aliphatic carbocycles. The van der Waals surface area contributed by atoms with Gasteiger partial charge in [-0.25, -0.2) is 4.98 Å². The first-order valence-electron chi connectivity index (χ1n) is 10.3. The predicted octanol–water partition coefficient (Wildman–Crippen LogP) is 3.74. The minimum absolute atomic E-state index is 0.0106. The fourth-order valence-electron chi connectivity index (χ4n) is 5.22. The lowest BCUT2D eigenvalue weighted by Gasteiger charge is -2.33. The van der Waals surface area contributed by atoms with Gasteiger partial charge in [0.05, 0.1) is 5.69 Å². The molecule has 4 aromatic rings. The van der Waals surface area contributed by atoms with Crippen molar-refractivity contribution in [1.82, 2.24) is 4.98 Å². The lowest BCUT2D eigenvalue weighted by molar-refractivity contribution is 0.349. The van der Waals surface area contributed by atoms with Crippen molar-refractivity contribution in [3.8, 4) is 23.3 Å². The number of furan rings is 1. The molecule has 0 atom stereocenters. The largest absolute Gasteiger partial charge is 0.458 e. The molecule has 29 heavy (non-hydrogen) atoms. The van der Waals surface area contributed by atoms with Crippen LogP contribution in [0.15, 0.2) is 46.9 Å². The summed E-state index contributed by atoms with van der Waals surface area (Å²) < 4.78 is 19.0. The first-order chi connectivity index (χ1) is 14.3. The van der Waals surface area contributed by atoms with Crippen LogP contribution < -0.4 is 25.9 Å². The smallest absolute Gasteiger partial charge is 0.287 e. The van der Waals surface area contributed by atoms with Gasteiger partial charge in [-0.15, -0.1) is 0 Å². The van der Waals surface area contributed by atoms with Gasteiger partial charge in [-0.2, -0.15) is 0 Å². The average molecular weight is 379 g/mol. The van der Waals surface area contributed by atoms with Crippen LogP contribution in [-0.2, 0) is 12.8 Å². The number of nitrogens with zero attached hydrogens (tertiary/aromatic N) is 1. The number of aryl methyl sites for hydroxylation is 2. The molecule has 7 rings (SSSR count). The third kappa shape index (κ3) is 1.97. The molecular formula is C24H18BNO3. The molecule has 0 fully saturated rings. The Morgan fingerprint density at radius 3 is 2.79 bits per heavy atom. The van der Waals surface area contributed by atoms with Gasteiger partial charge >= 0.3 is 0 Å². The Bertz CT molecular complexity index is 1340. The molecule has 2 aromatic heterocycles. The Morgan fingerprint density at radius 2 is 1.83 bits per heavy atom. The van der Waals surface area contributed by atoms with Crippen LogP contribution in [0.3, 0.4) is 0 Å². The van der Waals surface area contributed by atoms with Gasteiger partial charge in [-0.05, 0) is 49.7 Å². The highest BCUT2D eigenvalue weighted by Crippen LogP contribution is 2.41. The van der Waals surface area contributed by atoms with E-state index in [1.807, 2.05) is 6.07 Å². The minimum atomic E-state index is 0.0106. The number of hydrogen-bond acceptors (Lipinski definition) is 4. The molecule has 5 heteroatoms. The van der Waals surface area contributed by atoms with E-state index in [1.54, 1.807) is 0 Å². The van der Waals surface area contributed by atoms with Crippen molar-refractivity contribution in [2.24, 2.45) is 0 Å². The van der Waals surface area contributed by atoms with E-state index in [4.69, 9.17) is 18.9 Å². The molecule has 0 spiro atoms. The first kappa shape index (κ1) is 15.7. The number of pyridine rings is 1. The topological polar surface area (TPSA) is 44.5 Å². The molecule has 0 radical (unpaired) electrons. The van der Waals surface area contributed by atoms with E-state index in [0.29, 0.717) is 11.8 Å². The maximum atomic E-state index is 6.50. The molecule has 3 aliphatic rings. The van der Waals surface area contributed by atoms with E-state index >= 15 is 0 Å². The van der Waals surface area contributed by atoms with E-state index in [-0.39, 0.29) is 6.71 Å². The number of para-hydroxylation sites is 2. The standard InChI is InChI=1S/C24H18BNO3/c1-13-7-6-9-15-19-24(28-21(13)15)29-23-20-22(14-8-2-4-11-17(14)26-23)27-18-12-5-3-10-16(18)25(19)20/h3,5-7,9-10,12H,2,4,8,11H2,1H3. The maximum absolute atomic E-state index is 6.50. The lowest BCUT2D eigenvalue weighted by atomic mass is 9.35. The Morgan fingerprint density at radius 1 is 0.931 bits per heavy atom. The molecule has 4 heterocycles. The monoisotopic (exact) mass is 379 g/mol. The quantitative estimate of drug-likeness (QED) is 0.377. The SMILES string of the molecule is Cc1cccc2c3c(oc12)Oc1nc2c(c4c1B3c1ccccc1O4)CCCC2. The highest BCUT2D eigenvalue weighted by Gasteiger charge is 2.45. The van der Waals surface area contributed by atoms with Gasteiger partial charge in [-0.1, -0.05) is 36.4 Å². The highest BCUT2D eigenvalue weighted by atomic mass is 16.6. The first-order valence-corrected chi connectivity index (χ1v) is 10.3. The number of benzene rings is 2. The van der Waals surface area contributed by atoms with Gasteiger partial charge in [0, 0.05) is 21.9 Å². The van der Waals surface area contributed by atoms with E-state index in [9.17, 15) is 0 Å². The molecule has 0 unspecified atom stereocenters. The van der Waals surface area contributed by atoms with Crippen molar-refractivity contribution in [2.45, 2.75) is 32.6 Å². The van der Waals surface area contributed by atoms with E-state index in [1.165, 1.54) is 12.0 Å². The zero-order chi connectivity index (χ0) is 19.1. The van der Waals surface area contributed by atoms with Gasteiger partial charge in [0.15, 0.2) is 0 Å². The van der Waals surface area contributed by atoms with Gasteiger partial charge < -0.3 is 13.9 Å². The van der Waals surface area contributed by atoms with Crippen LogP contribution in [-0.4, -0.2) is 11.7 Å². The van der Waals surface area contributed by atoms with Gasteiger partial charge in [-0.3, -0.25) is 0 Å². The second kappa shape index (κ2) is 5.44. The Balaban J connectivity index is 1.61. The molecule has 4 nitrogen and oxygen atoms in total. The van der Waals surface area contributed by atoms with Gasteiger partial charge in [0.25, 0.3) is 12.7 Å². The van der Waals surface area contributed by atoms with Crippen molar-refractivity contribution >= 4 is 34.1 Å². The molecule has 0 bridgehead atoms. The van der Waals surface area contributed by atoms with Crippen LogP contribution in [0.2, 0.25) is 0 Å². The van der Waals surface area contributed by atoms with Crippen molar-refractivity contribution < 1.29 is 13.9 Å². The number of aromatic nitrogens is 1. The average Bonchev–Trinajstić information content (AvgIpc) is 3.13. The van der Waals surface area contributed by atoms with Gasteiger partial charge in [0.1, 0.15) is 17.1 Å². The Hall–Kier alpha value is -3.21. The Kier molecular flexibility index (Phi) is 2.94. The van der Waals surface area contributed by atoms with Crippen molar-refractivity contribution in [2.75, 3.05) is 0 Å². The number of hydrogen-bond donors (Lipinski definition) is 0. The molecule has 0 N–H and O–H groups in total. The zero-order valence-corrected chi connectivity index (χ0v) is 16.1. The summed E-state index contributed by atoms with van der Waals surface area (Å²) in [5, 5.41) is 1.11. The second-order valence-corrected chi connectivity index (χ2v) is 8.22. The van der Waals surface area contributed by atoms with Crippen molar-refractivity contribution in [3.05, 3.63) is 59.3 Å². The van der Waals surface area contributed by atoms with E-state index in [0.717, 1.165) is 69.4 Å². The molecular weight excluding hydrogens is 361 g/mol. The van der Waals surface area contributed by atoms with Crippen LogP contribution in [0, 0.1) is 6.92 Å². The van der Waals surface area contributed by atoms with E-state index in [2.05, 4.69) is 43.3 Å². The summed E-state index contributed by atoms with van der Waals surface area (Å²) in [5.74, 6) is 3.09. The van der Waals surface area contributed by atoms with Crippen LogP contribution in [0.4, 0.5) is 0 Å². The predicted molar refractivity (Wildman–Crippen MR) is 113 cm³/mol. The zero-order valence-electron chi connectivity index (χ0n) is 16.1.